The maximum atomic E-state index is 12.8. The van der Waals surface area contributed by atoms with Crippen LogP contribution in [0.4, 0.5) is 11.4 Å². The molecule has 7 heteroatoms. The first kappa shape index (κ1) is 24.5. The van der Waals surface area contributed by atoms with E-state index in [-0.39, 0.29) is 5.91 Å². The van der Waals surface area contributed by atoms with Crippen molar-refractivity contribution in [3.05, 3.63) is 115 Å². The summed E-state index contributed by atoms with van der Waals surface area (Å²) >= 11 is 18.5. The lowest BCUT2D eigenvalue weighted by Crippen LogP contribution is -2.19. The molecule has 0 bridgehead atoms. The van der Waals surface area contributed by atoms with E-state index in [9.17, 15) is 4.79 Å². The zero-order valence-electron chi connectivity index (χ0n) is 19.8. The molecule has 5 rings (SSSR count). The summed E-state index contributed by atoms with van der Waals surface area (Å²) in [6.45, 7) is 5.55. The van der Waals surface area contributed by atoms with Gasteiger partial charge in [-0.2, -0.15) is 0 Å². The fraction of sp³-hybridized carbons (Fsp3) is 0.138. The Hall–Kier alpha value is -3.18. The van der Waals surface area contributed by atoms with E-state index in [1.54, 1.807) is 24.3 Å². The van der Waals surface area contributed by atoms with E-state index in [0.717, 1.165) is 46.0 Å². The number of rotatable bonds is 5. The minimum atomic E-state index is -0.204. The number of halogens is 3. The normalized spacial score (nSPS) is 13.8. The van der Waals surface area contributed by atoms with Crippen molar-refractivity contribution in [3.63, 3.8) is 0 Å². The number of carbonyl (C=O) groups is 1. The first-order valence-corrected chi connectivity index (χ1v) is 12.7. The van der Waals surface area contributed by atoms with Gasteiger partial charge in [0.05, 0.1) is 10.0 Å². The van der Waals surface area contributed by atoms with E-state index < -0.39 is 0 Å². The van der Waals surface area contributed by atoms with Gasteiger partial charge in [-0.15, -0.1) is 0 Å². The van der Waals surface area contributed by atoms with Gasteiger partial charge in [-0.05, 0) is 91.2 Å². The fourth-order valence-corrected chi connectivity index (χ4v) is 5.06. The number of aryl methyl sites for hydroxylation is 2. The van der Waals surface area contributed by atoms with Crippen molar-refractivity contribution in [2.45, 2.75) is 20.4 Å². The summed E-state index contributed by atoms with van der Waals surface area (Å²) in [6, 6.07) is 20.8. The summed E-state index contributed by atoms with van der Waals surface area (Å²) in [5, 5.41) is 4.62. The average molecular weight is 537 g/mol. The Balaban J connectivity index is 1.49. The molecule has 182 valence electrons. The summed E-state index contributed by atoms with van der Waals surface area (Å²) in [5.41, 5.74) is 9.02. The molecule has 2 heterocycles. The molecule has 0 aliphatic carbocycles. The third-order valence-electron chi connectivity index (χ3n) is 6.25. The van der Waals surface area contributed by atoms with Gasteiger partial charge in [0.2, 0.25) is 0 Å². The van der Waals surface area contributed by atoms with Crippen LogP contribution >= 0.6 is 34.8 Å². The smallest absolute Gasteiger partial charge is 0.255 e. The summed E-state index contributed by atoms with van der Waals surface area (Å²) in [5.74, 6) is -0.204. The Kier molecular flexibility index (Phi) is 6.85. The molecule has 0 unspecified atom stereocenters. The van der Waals surface area contributed by atoms with Crippen molar-refractivity contribution in [1.29, 1.82) is 0 Å². The van der Waals surface area contributed by atoms with Crippen molar-refractivity contribution in [2.24, 2.45) is 0 Å². The van der Waals surface area contributed by atoms with Crippen LogP contribution in [0.2, 0.25) is 15.1 Å². The second-order valence-corrected chi connectivity index (χ2v) is 10.3. The predicted molar refractivity (Wildman–Crippen MR) is 151 cm³/mol. The Labute approximate surface area is 225 Å². The molecule has 0 saturated heterocycles. The van der Waals surface area contributed by atoms with Crippen LogP contribution < -0.4 is 10.2 Å². The number of hydrogen-bond acceptors (Lipinski definition) is 2. The molecule has 36 heavy (non-hydrogen) atoms. The van der Waals surface area contributed by atoms with Crippen LogP contribution in [0.25, 0.3) is 11.6 Å². The number of aromatic nitrogens is 1. The minimum absolute atomic E-state index is 0.204. The SMILES string of the molecule is Cc1cc(C)c(/C=C2\CN(Cc3ccc(Cl)c(Cl)c3)c3ccc(NC(=O)c4cccc(Cl)c4)cc32)[nH]1. The first-order chi connectivity index (χ1) is 17.3. The van der Waals surface area contributed by atoms with Crippen LogP contribution in [0.3, 0.4) is 0 Å². The van der Waals surface area contributed by atoms with E-state index in [2.05, 4.69) is 41.2 Å². The second-order valence-electron chi connectivity index (χ2n) is 9.02. The monoisotopic (exact) mass is 535 g/mol. The van der Waals surface area contributed by atoms with Gasteiger partial charge in [0.15, 0.2) is 0 Å². The topological polar surface area (TPSA) is 48.1 Å². The molecule has 4 aromatic rings. The molecule has 0 atom stereocenters. The van der Waals surface area contributed by atoms with Gasteiger partial charge in [0.25, 0.3) is 5.91 Å². The van der Waals surface area contributed by atoms with Crippen molar-refractivity contribution >= 4 is 63.7 Å². The molecule has 0 spiro atoms. The number of anilines is 2. The van der Waals surface area contributed by atoms with Gasteiger partial charge in [0, 0.05) is 52.0 Å². The lowest BCUT2D eigenvalue weighted by atomic mass is 10.0. The molecule has 0 radical (unpaired) electrons. The lowest BCUT2D eigenvalue weighted by Gasteiger charge is -2.20. The highest BCUT2D eigenvalue weighted by Gasteiger charge is 2.25. The Bertz CT molecular complexity index is 1510. The predicted octanol–water partition coefficient (Wildman–Crippen LogP) is 8.40. The number of fused-ring (bicyclic) bond motifs is 1. The number of nitrogens with one attached hydrogen (secondary N) is 2. The fourth-order valence-electron chi connectivity index (χ4n) is 4.55. The highest BCUT2D eigenvalue weighted by Crippen LogP contribution is 2.40. The van der Waals surface area contributed by atoms with E-state index in [1.807, 2.05) is 36.4 Å². The molecule has 1 aliphatic heterocycles. The Morgan fingerprint density at radius 2 is 1.83 bits per heavy atom. The largest absolute Gasteiger partial charge is 0.362 e. The number of H-pyrrole nitrogens is 1. The third-order valence-corrected chi connectivity index (χ3v) is 7.23. The van der Waals surface area contributed by atoms with Crippen molar-refractivity contribution in [2.75, 3.05) is 16.8 Å². The Morgan fingerprint density at radius 3 is 2.56 bits per heavy atom. The number of carbonyl (C=O) groups excluding carboxylic acids is 1. The number of benzene rings is 3. The molecule has 2 N–H and O–H groups in total. The summed E-state index contributed by atoms with van der Waals surface area (Å²) in [4.78, 5) is 18.6. The molecule has 0 fully saturated rings. The van der Waals surface area contributed by atoms with Gasteiger partial charge in [-0.1, -0.05) is 46.9 Å². The van der Waals surface area contributed by atoms with E-state index >= 15 is 0 Å². The zero-order valence-corrected chi connectivity index (χ0v) is 22.1. The van der Waals surface area contributed by atoms with Gasteiger partial charge >= 0.3 is 0 Å². The molecule has 3 aromatic carbocycles. The van der Waals surface area contributed by atoms with Gasteiger partial charge in [-0.25, -0.2) is 0 Å². The van der Waals surface area contributed by atoms with E-state index in [4.69, 9.17) is 34.8 Å². The summed E-state index contributed by atoms with van der Waals surface area (Å²) in [6.07, 6.45) is 2.19. The second kappa shape index (κ2) is 10.1. The highest BCUT2D eigenvalue weighted by atomic mass is 35.5. The van der Waals surface area contributed by atoms with Crippen molar-refractivity contribution in [1.82, 2.24) is 4.98 Å². The number of hydrogen-bond donors (Lipinski definition) is 2. The van der Waals surface area contributed by atoms with Crippen LogP contribution in [0.1, 0.15) is 38.4 Å². The molecule has 1 aliphatic rings. The van der Waals surface area contributed by atoms with Gasteiger partial charge < -0.3 is 15.2 Å². The highest BCUT2D eigenvalue weighted by molar-refractivity contribution is 6.42. The summed E-state index contributed by atoms with van der Waals surface area (Å²) in [7, 11) is 0. The number of amides is 1. The van der Waals surface area contributed by atoms with Gasteiger partial charge in [0.1, 0.15) is 0 Å². The van der Waals surface area contributed by atoms with Crippen molar-refractivity contribution < 1.29 is 4.79 Å². The molecule has 1 amide bonds. The van der Waals surface area contributed by atoms with Crippen molar-refractivity contribution in [3.8, 4) is 0 Å². The first-order valence-electron chi connectivity index (χ1n) is 11.5. The molecular weight excluding hydrogens is 513 g/mol. The van der Waals surface area contributed by atoms with Gasteiger partial charge in [-0.3, -0.25) is 4.79 Å². The quantitative estimate of drug-likeness (QED) is 0.269. The minimum Gasteiger partial charge on any atom is -0.362 e. The number of nitrogens with zero attached hydrogens (tertiary/aromatic N) is 1. The van der Waals surface area contributed by atoms with Crippen LogP contribution in [0.5, 0.6) is 0 Å². The standard InChI is InChI=1S/C29H24Cl3N3O/c1-17-10-18(2)33-27(17)13-21-16-35(15-19-6-8-25(31)26(32)11-19)28-9-7-23(14-24(21)28)34-29(36)20-4-3-5-22(30)12-20/h3-14,33H,15-16H2,1-2H3,(H,34,36)/b21-13+. The third kappa shape index (κ3) is 5.17. The number of aromatic amines is 1. The van der Waals surface area contributed by atoms with E-state index in [0.29, 0.717) is 27.2 Å². The molecule has 0 saturated carbocycles. The van der Waals surface area contributed by atoms with Crippen LogP contribution in [-0.2, 0) is 6.54 Å². The zero-order chi connectivity index (χ0) is 25.4. The van der Waals surface area contributed by atoms with Crippen LogP contribution in [0.15, 0.2) is 66.7 Å². The average Bonchev–Trinajstić information content (AvgIpc) is 3.34. The lowest BCUT2D eigenvalue weighted by molar-refractivity contribution is 0.102. The molecular formula is C29H24Cl3N3O. The van der Waals surface area contributed by atoms with Crippen LogP contribution in [-0.4, -0.2) is 17.4 Å². The maximum absolute atomic E-state index is 12.8. The molecule has 1 aromatic heterocycles. The maximum Gasteiger partial charge on any atom is 0.255 e. The Morgan fingerprint density at radius 1 is 1.00 bits per heavy atom. The van der Waals surface area contributed by atoms with Crippen LogP contribution in [0, 0.1) is 13.8 Å². The van der Waals surface area contributed by atoms with E-state index in [1.165, 1.54) is 5.56 Å². The molecule has 4 nitrogen and oxygen atoms in total. The summed E-state index contributed by atoms with van der Waals surface area (Å²) < 4.78 is 0.